The van der Waals surface area contributed by atoms with Gasteiger partial charge in [0.2, 0.25) is 10.0 Å². The van der Waals surface area contributed by atoms with Gasteiger partial charge < -0.3 is 18.6 Å². The van der Waals surface area contributed by atoms with Gasteiger partial charge in [0.15, 0.2) is 12.1 Å². The molecule has 10 nitrogen and oxygen atoms in total. The van der Waals surface area contributed by atoms with E-state index in [9.17, 15) is 16.8 Å². The summed E-state index contributed by atoms with van der Waals surface area (Å²) in [6.07, 6.45) is -2.06. The van der Waals surface area contributed by atoms with E-state index in [-0.39, 0.29) is 16.4 Å². The lowest BCUT2D eigenvalue weighted by Gasteiger charge is -2.46. The van der Waals surface area contributed by atoms with E-state index >= 15 is 0 Å². The zero-order chi connectivity index (χ0) is 37.6. The number of aryl methyl sites for hydroxylation is 2. The maximum Gasteiger partial charge on any atom is 0.297 e. The number of nitrogens with one attached hydrogen (secondary N) is 1. The van der Waals surface area contributed by atoms with Crippen molar-refractivity contribution in [2.75, 3.05) is 13.2 Å². The predicted molar refractivity (Wildman–Crippen MR) is 201 cm³/mol. The molecule has 0 spiro atoms. The number of ether oxygens (including phenoxy) is 3. The number of hydrogen-bond donors (Lipinski definition) is 1. The second kappa shape index (κ2) is 14.2. The molecule has 2 aliphatic heterocycles. The first-order chi connectivity index (χ1) is 24.4. The lowest BCUT2D eigenvalue weighted by molar-refractivity contribution is -0.237. The van der Waals surface area contributed by atoms with Gasteiger partial charge in [0.25, 0.3) is 18.4 Å². The fourth-order valence-electron chi connectivity index (χ4n) is 7.04. The van der Waals surface area contributed by atoms with Crippen LogP contribution in [0.4, 0.5) is 0 Å². The van der Waals surface area contributed by atoms with Crippen LogP contribution >= 0.6 is 0 Å². The van der Waals surface area contributed by atoms with Crippen molar-refractivity contribution >= 4 is 38.8 Å². The fraction of sp³-hybridized carbons (Fsp3) is 0.385. The third-order valence-corrected chi connectivity index (χ3v) is 17.4. The van der Waals surface area contributed by atoms with E-state index in [1.807, 2.05) is 74.5 Å². The summed E-state index contributed by atoms with van der Waals surface area (Å²) in [6.45, 7) is 12.6. The molecule has 0 radical (unpaired) electrons. The van der Waals surface area contributed by atoms with Crippen molar-refractivity contribution in [3.63, 3.8) is 0 Å². The van der Waals surface area contributed by atoms with Gasteiger partial charge in [-0.05, 0) is 67.4 Å². The summed E-state index contributed by atoms with van der Waals surface area (Å²) in [7, 11) is -11.8. The molecule has 2 saturated heterocycles. The van der Waals surface area contributed by atoms with Gasteiger partial charge in [-0.25, -0.2) is 13.1 Å². The molecule has 4 aromatic rings. The summed E-state index contributed by atoms with van der Waals surface area (Å²) < 4.78 is 90.9. The molecular formula is C39H47NO9S2Si. The molecule has 6 rings (SSSR count). The van der Waals surface area contributed by atoms with Crippen LogP contribution in [-0.2, 0) is 43.0 Å². The van der Waals surface area contributed by atoms with Crippen LogP contribution in [0, 0.1) is 13.8 Å². The number of fused-ring (bicyclic) bond motifs is 1. The third-order valence-electron chi connectivity index (χ3n) is 9.67. The molecule has 0 unspecified atom stereocenters. The summed E-state index contributed by atoms with van der Waals surface area (Å²) in [5.74, 6) is -1.12. The average molecular weight is 766 g/mol. The van der Waals surface area contributed by atoms with Crippen molar-refractivity contribution in [2.24, 2.45) is 0 Å². The highest BCUT2D eigenvalue weighted by Gasteiger charge is 2.64. The quantitative estimate of drug-likeness (QED) is 0.154. The Morgan fingerprint density at radius 3 is 1.69 bits per heavy atom. The Bertz CT molecular complexity index is 2030. The number of sulfonamides is 1. The van der Waals surface area contributed by atoms with Gasteiger partial charge in [-0.15, -0.1) is 0 Å². The lowest BCUT2D eigenvalue weighted by atomic mass is 9.95. The van der Waals surface area contributed by atoms with Gasteiger partial charge in [-0.2, -0.15) is 8.42 Å². The summed E-state index contributed by atoms with van der Waals surface area (Å²) in [5, 5.41) is 1.48. The van der Waals surface area contributed by atoms with Crippen molar-refractivity contribution in [1.29, 1.82) is 0 Å². The third kappa shape index (κ3) is 7.56. The molecule has 278 valence electrons. The molecular weight excluding hydrogens is 719 g/mol. The summed E-state index contributed by atoms with van der Waals surface area (Å²) >= 11 is 0. The highest BCUT2D eigenvalue weighted by atomic mass is 32.2. The van der Waals surface area contributed by atoms with Crippen LogP contribution in [0.15, 0.2) is 119 Å². The van der Waals surface area contributed by atoms with Crippen LogP contribution in [0.3, 0.4) is 0 Å². The first kappa shape index (κ1) is 38.5. The Balaban J connectivity index is 1.49. The minimum Gasteiger partial charge on any atom is -0.404 e. The molecule has 0 amide bonds. The van der Waals surface area contributed by atoms with E-state index in [0.29, 0.717) is 0 Å². The van der Waals surface area contributed by atoms with E-state index < -0.39 is 69.9 Å². The highest BCUT2D eigenvalue weighted by molar-refractivity contribution is 7.89. The monoisotopic (exact) mass is 765 g/mol. The minimum absolute atomic E-state index is 0.0229. The average Bonchev–Trinajstić information content (AvgIpc) is 3.53. The summed E-state index contributed by atoms with van der Waals surface area (Å²) in [5.41, 5.74) is 0.0119. The lowest BCUT2D eigenvalue weighted by Crippen LogP contribution is -2.69. The Morgan fingerprint density at radius 1 is 0.692 bits per heavy atom. The van der Waals surface area contributed by atoms with Crippen LogP contribution in [-0.4, -0.2) is 68.2 Å². The SMILES string of the molecule is Cc1ccc(S(=O)(=O)N[C@H]2[C@H]3OC(C)(C)O[C@H]3O[C@@]2(CO[Si](c2ccccc2)(c2ccccc2)C(C)(C)C)COS(=O)(=O)c2ccc(C)cc2)cc1. The minimum atomic E-state index is -4.34. The molecule has 2 fully saturated rings. The van der Waals surface area contributed by atoms with E-state index in [2.05, 4.69) is 25.5 Å². The van der Waals surface area contributed by atoms with E-state index in [4.69, 9.17) is 22.8 Å². The Hall–Kier alpha value is -3.24. The highest BCUT2D eigenvalue weighted by Crippen LogP contribution is 2.45. The van der Waals surface area contributed by atoms with Gasteiger partial charge in [0, 0.05) is 0 Å². The molecule has 0 aliphatic carbocycles. The smallest absolute Gasteiger partial charge is 0.297 e. The van der Waals surface area contributed by atoms with Crippen molar-refractivity contribution in [2.45, 2.75) is 93.1 Å². The molecule has 0 bridgehead atoms. The molecule has 4 aromatic carbocycles. The van der Waals surface area contributed by atoms with Gasteiger partial charge >= 0.3 is 0 Å². The first-order valence-electron chi connectivity index (χ1n) is 17.2. The maximum absolute atomic E-state index is 14.1. The van der Waals surface area contributed by atoms with Crippen molar-refractivity contribution in [3.8, 4) is 0 Å². The topological polar surface area (TPSA) is 126 Å². The van der Waals surface area contributed by atoms with Gasteiger partial charge in [-0.1, -0.05) is 117 Å². The molecule has 2 heterocycles. The van der Waals surface area contributed by atoms with Crippen molar-refractivity contribution in [1.82, 2.24) is 4.72 Å². The van der Waals surface area contributed by atoms with Crippen LogP contribution in [0.5, 0.6) is 0 Å². The van der Waals surface area contributed by atoms with Gasteiger partial charge in [0.05, 0.1) is 29.0 Å². The largest absolute Gasteiger partial charge is 0.404 e. The zero-order valence-corrected chi connectivity index (χ0v) is 33.2. The van der Waals surface area contributed by atoms with E-state index in [1.54, 1.807) is 38.1 Å². The maximum atomic E-state index is 14.1. The summed E-state index contributed by atoms with van der Waals surface area (Å²) in [6, 6.07) is 31.4. The standard InChI is InChI=1S/C39H47NO9S2Si/c1-28-18-22-30(23-19-28)50(41,42)40-35-34-36(48-38(6,7)47-34)49-39(35,26-45-51(43,44)31-24-20-29(2)21-25-31)27-46-52(37(3,4)5,32-14-10-8-11-15-32)33-16-12-9-13-17-33/h8-25,34-36,40H,26-27H2,1-7H3/t34-,35+,36+,39-/m1/s1. The predicted octanol–water partition coefficient (Wildman–Crippen LogP) is 5.18. The number of rotatable bonds is 12. The molecule has 2 aliphatic rings. The fourth-order valence-corrected chi connectivity index (χ4v) is 13.9. The molecule has 52 heavy (non-hydrogen) atoms. The van der Waals surface area contributed by atoms with Crippen LogP contribution in [0.1, 0.15) is 45.7 Å². The van der Waals surface area contributed by atoms with E-state index in [1.165, 1.54) is 24.3 Å². The van der Waals surface area contributed by atoms with Gasteiger partial charge in [0.1, 0.15) is 11.7 Å². The zero-order valence-electron chi connectivity index (χ0n) is 30.5. The number of benzene rings is 4. The molecule has 0 aromatic heterocycles. The van der Waals surface area contributed by atoms with Crippen molar-refractivity contribution < 1.29 is 39.7 Å². The van der Waals surface area contributed by atoms with E-state index in [0.717, 1.165) is 21.5 Å². The molecule has 4 atom stereocenters. The molecule has 13 heteroatoms. The van der Waals surface area contributed by atoms with Crippen molar-refractivity contribution in [3.05, 3.63) is 120 Å². The van der Waals surface area contributed by atoms with Crippen LogP contribution < -0.4 is 15.1 Å². The van der Waals surface area contributed by atoms with Crippen LogP contribution in [0.25, 0.3) is 0 Å². The van der Waals surface area contributed by atoms with Gasteiger partial charge in [-0.3, -0.25) is 4.18 Å². The normalized spacial score (nSPS) is 23.4. The molecule has 0 saturated carbocycles. The second-order valence-corrected chi connectivity index (χ2v) is 22.7. The Morgan fingerprint density at radius 2 is 1.19 bits per heavy atom. The Labute approximate surface area is 308 Å². The Kier molecular flexibility index (Phi) is 10.5. The first-order valence-corrected chi connectivity index (χ1v) is 22.0. The van der Waals surface area contributed by atoms with Crippen LogP contribution in [0.2, 0.25) is 5.04 Å². The number of hydrogen-bond acceptors (Lipinski definition) is 9. The second-order valence-electron chi connectivity index (χ2n) is 15.0. The summed E-state index contributed by atoms with van der Waals surface area (Å²) in [4.78, 5) is -0.0283. The molecule has 1 N–H and O–H groups in total.